The summed E-state index contributed by atoms with van der Waals surface area (Å²) in [7, 11) is 3.02. The highest BCUT2D eigenvalue weighted by atomic mass is 35.5. The van der Waals surface area contributed by atoms with E-state index in [2.05, 4.69) is 0 Å². The molecule has 0 aliphatic carbocycles. The first-order valence-electron chi connectivity index (χ1n) is 10.4. The molecular weight excluding hydrogens is 477 g/mol. The number of benzene rings is 3. The number of nitrogens with zero attached hydrogens (tertiary/aromatic N) is 1. The molecule has 0 saturated carbocycles. The summed E-state index contributed by atoms with van der Waals surface area (Å²) in [6.07, 6.45) is 1.70. The fourth-order valence-electron chi connectivity index (χ4n) is 3.66. The number of halogens is 2. The van der Waals surface area contributed by atoms with Crippen molar-refractivity contribution in [2.45, 2.75) is 6.61 Å². The summed E-state index contributed by atoms with van der Waals surface area (Å²) in [5.74, 6) is 0.0110. The number of esters is 1. The highest BCUT2D eigenvalue weighted by molar-refractivity contribution is 6.42. The molecule has 1 aliphatic rings. The standard InChI is InChI=1S/C26H21Cl2NO5/c1-32-23-12-18-19(10-17-8-9-20(27)21(28)11-17)26(31)29(22(18)13-24(23)33-2)14-25(30)34-15-16-6-4-3-5-7-16/h3-13H,14-15H2,1-2H3/b19-10-. The van der Waals surface area contributed by atoms with Crippen molar-refractivity contribution < 1.29 is 23.8 Å². The van der Waals surface area contributed by atoms with Crippen molar-refractivity contribution in [2.24, 2.45) is 0 Å². The van der Waals surface area contributed by atoms with Crippen molar-refractivity contribution in [2.75, 3.05) is 25.7 Å². The lowest BCUT2D eigenvalue weighted by atomic mass is 10.0. The number of ether oxygens (including phenoxy) is 3. The first kappa shape index (κ1) is 23.7. The SMILES string of the molecule is COc1cc2c(cc1OC)N(CC(=O)OCc1ccccc1)C(=O)/C2=C\c1ccc(Cl)c(Cl)c1. The maximum atomic E-state index is 13.4. The van der Waals surface area contributed by atoms with Crippen molar-refractivity contribution in [3.8, 4) is 11.5 Å². The molecular formula is C26H21Cl2NO5. The van der Waals surface area contributed by atoms with E-state index in [1.54, 1.807) is 36.4 Å². The third-order valence-corrected chi connectivity index (χ3v) is 6.08. The molecule has 3 aromatic carbocycles. The van der Waals surface area contributed by atoms with Crippen LogP contribution in [0.25, 0.3) is 11.6 Å². The van der Waals surface area contributed by atoms with E-state index in [1.165, 1.54) is 19.1 Å². The lowest BCUT2D eigenvalue weighted by Gasteiger charge is -2.17. The molecule has 1 amide bonds. The molecule has 0 bridgehead atoms. The van der Waals surface area contributed by atoms with Gasteiger partial charge in [0.2, 0.25) is 0 Å². The van der Waals surface area contributed by atoms with E-state index in [0.29, 0.717) is 43.9 Å². The van der Waals surface area contributed by atoms with Gasteiger partial charge in [-0.25, -0.2) is 0 Å². The second kappa shape index (κ2) is 10.2. The Morgan fingerprint density at radius 1 is 0.941 bits per heavy atom. The van der Waals surface area contributed by atoms with Gasteiger partial charge in [-0.15, -0.1) is 0 Å². The van der Waals surface area contributed by atoms with Gasteiger partial charge < -0.3 is 14.2 Å². The van der Waals surface area contributed by atoms with Crippen LogP contribution in [0.2, 0.25) is 10.0 Å². The molecule has 0 unspecified atom stereocenters. The highest BCUT2D eigenvalue weighted by Gasteiger charge is 2.35. The zero-order valence-corrected chi connectivity index (χ0v) is 20.0. The van der Waals surface area contributed by atoms with E-state index in [0.717, 1.165) is 5.56 Å². The molecule has 1 heterocycles. The molecule has 0 atom stereocenters. The smallest absolute Gasteiger partial charge is 0.326 e. The Bertz CT molecular complexity index is 1270. The van der Waals surface area contributed by atoms with Gasteiger partial charge in [0.1, 0.15) is 13.2 Å². The van der Waals surface area contributed by atoms with Crippen molar-refractivity contribution in [1.82, 2.24) is 0 Å². The van der Waals surface area contributed by atoms with Crippen molar-refractivity contribution in [1.29, 1.82) is 0 Å². The van der Waals surface area contributed by atoms with E-state index < -0.39 is 5.97 Å². The van der Waals surface area contributed by atoms with Crippen LogP contribution in [-0.2, 0) is 20.9 Å². The average Bonchev–Trinajstić information content (AvgIpc) is 3.09. The number of anilines is 1. The van der Waals surface area contributed by atoms with E-state index in [9.17, 15) is 9.59 Å². The molecule has 0 N–H and O–H groups in total. The number of hydrogen-bond donors (Lipinski definition) is 0. The van der Waals surface area contributed by atoms with Gasteiger partial charge in [-0.2, -0.15) is 0 Å². The lowest BCUT2D eigenvalue weighted by Crippen LogP contribution is -2.33. The zero-order chi connectivity index (χ0) is 24.2. The van der Waals surface area contributed by atoms with Gasteiger partial charge in [0, 0.05) is 17.2 Å². The van der Waals surface area contributed by atoms with Crippen LogP contribution in [-0.4, -0.2) is 32.6 Å². The molecule has 1 aliphatic heterocycles. The largest absolute Gasteiger partial charge is 0.493 e. The number of amides is 1. The third kappa shape index (κ3) is 4.88. The minimum Gasteiger partial charge on any atom is -0.493 e. The number of fused-ring (bicyclic) bond motifs is 1. The monoisotopic (exact) mass is 497 g/mol. The second-order valence-corrected chi connectivity index (χ2v) is 8.31. The Balaban J connectivity index is 1.67. The van der Waals surface area contributed by atoms with Crippen LogP contribution in [0.3, 0.4) is 0 Å². The van der Waals surface area contributed by atoms with E-state index in [1.807, 2.05) is 30.3 Å². The van der Waals surface area contributed by atoms with Gasteiger partial charge in [0.15, 0.2) is 11.5 Å². The lowest BCUT2D eigenvalue weighted by molar-refractivity contribution is -0.143. The second-order valence-electron chi connectivity index (χ2n) is 7.49. The molecule has 8 heteroatoms. The summed E-state index contributed by atoms with van der Waals surface area (Å²) in [5, 5.41) is 0.784. The Kier molecular flexibility index (Phi) is 7.10. The fraction of sp³-hybridized carbons (Fsp3) is 0.154. The van der Waals surface area contributed by atoms with Crippen molar-refractivity contribution >= 4 is 52.4 Å². The van der Waals surface area contributed by atoms with Crippen LogP contribution < -0.4 is 14.4 Å². The van der Waals surface area contributed by atoms with Gasteiger partial charge in [-0.05, 0) is 35.4 Å². The predicted octanol–water partition coefficient (Wildman–Crippen LogP) is 5.64. The van der Waals surface area contributed by atoms with E-state index >= 15 is 0 Å². The normalized spacial score (nSPS) is 13.7. The van der Waals surface area contributed by atoms with E-state index in [-0.39, 0.29) is 19.1 Å². The predicted molar refractivity (Wildman–Crippen MR) is 132 cm³/mol. The average molecular weight is 498 g/mol. The first-order valence-corrected chi connectivity index (χ1v) is 11.1. The first-order chi connectivity index (χ1) is 16.4. The Labute approximate surface area is 207 Å². The topological polar surface area (TPSA) is 65.1 Å². The maximum Gasteiger partial charge on any atom is 0.326 e. The summed E-state index contributed by atoms with van der Waals surface area (Å²) in [4.78, 5) is 27.4. The van der Waals surface area contributed by atoms with Crippen LogP contribution in [0.1, 0.15) is 16.7 Å². The van der Waals surface area contributed by atoms with Crippen molar-refractivity contribution in [3.63, 3.8) is 0 Å². The van der Waals surface area contributed by atoms with Crippen molar-refractivity contribution in [3.05, 3.63) is 87.4 Å². The Morgan fingerprint density at radius 3 is 2.32 bits per heavy atom. The summed E-state index contributed by atoms with van der Waals surface area (Å²) in [5.41, 5.74) is 3.04. The van der Waals surface area contributed by atoms with Gasteiger partial charge in [-0.3, -0.25) is 14.5 Å². The molecule has 174 valence electrons. The van der Waals surface area contributed by atoms with Crippen LogP contribution in [0.15, 0.2) is 60.7 Å². The number of carbonyl (C=O) groups excluding carboxylic acids is 2. The summed E-state index contributed by atoms with van der Waals surface area (Å²) in [6, 6.07) is 17.8. The molecule has 0 spiro atoms. The van der Waals surface area contributed by atoms with Gasteiger partial charge in [0.25, 0.3) is 5.91 Å². The molecule has 0 aromatic heterocycles. The number of rotatable bonds is 7. The summed E-state index contributed by atoms with van der Waals surface area (Å²) >= 11 is 12.2. The fourth-order valence-corrected chi connectivity index (χ4v) is 3.96. The van der Waals surface area contributed by atoms with Crippen LogP contribution >= 0.6 is 23.2 Å². The molecule has 3 aromatic rings. The molecule has 34 heavy (non-hydrogen) atoms. The quantitative estimate of drug-likeness (QED) is 0.312. The Morgan fingerprint density at radius 2 is 1.65 bits per heavy atom. The highest BCUT2D eigenvalue weighted by Crippen LogP contribution is 2.44. The summed E-state index contributed by atoms with van der Waals surface area (Å²) < 4.78 is 16.2. The van der Waals surface area contributed by atoms with Crippen LogP contribution in [0.5, 0.6) is 11.5 Å². The minimum atomic E-state index is -0.534. The van der Waals surface area contributed by atoms with Gasteiger partial charge in [0.05, 0.1) is 30.0 Å². The number of hydrogen-bond acceptors (Lipinski definition) is 5. The summed E-state index contributed by atoms with van der Waals surface area (Å²) in [6.45, 7) is -0.140. The number of methoxy groups -OCH3 is 2. The number of carbonyl (C=O) groups is 2. The molecule has 6 nitrogen and oxygen atoms in total. The van der Waals surface area contributed by atoms with Gasteiger partial charge in [-0.1, -0.05) is 59.6 Å². The molecule has 0 fully saturated rings. The molecule has 0 radical (unpaired) electrons. The van der Waals surface area contributed by atoms with Crippen LogP contribution in [0.4, 0.5) is 5.69 Å². The Hall–Kier alpha value is -3.48. The minimum absolute atomic E-state index is 0.118. The van der Waals surface area contributed by atoms with Crippen LogP contribution in [0, 0.1) is 0 Å². The zero-order valence-electron chi connectivity index (χ0n) is 18.5. The molecule has 4 rings (SSSR count). The third-order valence-electron chi connectivity index (χ3n) is 5.34. The van der Waals surface area contributed by atoms with Gasteiger partial charge >= 0.3 is 5.97 Å². The molecule has 0 saturated heterocycles. The maximum absolute atomic E-state index is 13.4. The van der Waals surface area contributed by atoms with E-state index in [4.69, 9.17) is 37.4 Å².